The lowest BCUT2D eigenvalue weighted by atomic mass is 9.80. The van der Waals surface area contributed by atoms with Gasteiger partial charge in [-0.1, -0.05) is 48.5 Å². The Bertz CT molecular complexity index is 672. The second kappa shape index (κ2) is 4.05. The van der Waals surface area contributed by atoms with E-state index < -0.39 is 0 Å². The Morgan fingerprint density at radius 2 is 1.47 bits per heavy atom. The van der Waals surface area contributed by atoms with Crippen LogP contribution >= 0.6 is 0 Å². The first-order valence-corrected chi connectivity index (χ1v) is 6.57. The third-order valence-electron chi connectivity index (χ3n) is 3.77. The van der Waals surface area contributed by atoms with Gasteiger partial charge in [0.25, 0.3) is 0 Å². The molecule has 0 aromatic heterocycles. The summed E-state index contributed by atoms with van der Waals surface area (Å²) < 4.78 is 0. The Morgan fingerprint density at radius 3 is 2.32 bits per heavy atom. The molecule has 2 heteroatoms. The van der Waals surface area contributed by atoms with E-state index in [0.717, 1.165) is 0 Å². The molecule has 2 nitrogen and oxygen atoms in total. The van der Waals surface area contributed by atoms with E-state index in [-0.39, 0.29) is 12.2 Å². The molecule has 4 rings (SSSR count). The summed E-state index contributed by atoms with van der Waals surface area (Å²) in [6.45, 7) is 1.99. The van der Waals surface area contributed by atoms with Gasteiger partial charge in [-0.2, -0.15) is 0 Å². The van der Waals surface area contributed by atoms with Crippen molar-refractivity contribution in [3.63, 3.8) is 0 Å². The molecule has 2 aliphatic rings. The summed E-state index contributed by atoms with van der Waals surface area (Å²) in [4.78, 5) is 11.0. The van der Waals surface area contributed by atoms with Gasteiger partial charge in [0.05, 0.1) is 0 Å². The van der Waals surface area contributed by atoms with Crippen molar-refractivity contribution in [2.24, 2.45) is 0 Å². The van der Waals surface area contributed by atoms with Crippen LogP contribution in [0.2, 0.25) is 0 Å². The monoisotopic (exact) mass is 250 g/mol. The molecule has 0 amide bonds. The quantitative estimate of drug-likeness (QED) is 0.654. The van der Waals surface area contributed by atoms with Crippen LogP contribution in [0, 0.1) is 0 Å². The Kier molecular flexibility index (Phi) is 2.34. The summed E-state index contributed by atoms with van der Waals surface area (Å²) in [6, 6.07) is 16.9. The van der Waals surface area contributed by atoms with Gasteiger partial charge in [-0.05, 0) is 40.8 Å². The summed E-state index contributed by atoms with van der Waals surface area (Å²) in [5.41, 5.74) is 6.16. The molecule has 0 bridgehead atoms. The molecular weight excluding hydrogens is 236 g/mol. The Labute approximate surface area is 112 Å². The maximum atomic E-state index is 5.61. The van der Waals surface area contributed by atoms with Crippen molar-refractivity contribution >= 4 is 5.57 Å². The third-order valence-corrected chi connectivity index (χ3v) is 3.77. The molecule has 2 aromatic rings. The van der Waals surface area contributed by atoms with Crippen LogP contribution in [0.3, 0.4) is 0 Å². The average Bonchev–Trinajstić information content (AvgIpc) is 2.47. The van der Waals surface area contributed by atoms with Crippen LogP contribution in [-0.2, 0) is 9.78 Å². The zero-order valence-corrected chi connectivity index (χ0v) is 10.7. The minimum Gasteiger partial charge on any atom is -0.228 e. The number of fused-ring (bicyclic) bond motifs is 6. The first-order chi connectivity index (χ1) is 9.34. The molecule has 0 N–H and O–H groups in total. The molecule has 2 atom stereocenters. The normalized spacial score (nSPS) is 23.9. The van der Waals surface area contributed by atoms with E-state index in [2.05, 4.69) is 48.5 Å². The highest BCUT2D eigenvalue weighted by Crippen LogP contribution is 2.48. The second-order valence-corrected chi connectivity index (χ2v) is 5.03. The molecule has 94 valence electrons. The van der Waals surface area contributed by atoms with Gasteiger partial charge in [0.15, 0.2) is 0 Å². The molecule has 0 unspecified atom stereocenters. The van der Waals surface area contributed by atoms with Crippen molar-refractivity contribution in [3.05, 3.63) is 65.7 Å². The van der Waals surface area contributed by atoms with Crippen molar-refractivity contribution in [2.45, 2.75) is 19.1 Å². The van der Waals surface area contributed by atoms with Crippen molar-refractivity contribution in [3.8, 4) is 11.1 Å². The van der Waals surface area contributed by atoms with Gasteiger partial charge in [0, 0.05) is 0 Å². The molecule has 1 heterocycles. The topological polar surface area (TPSA) is 18.5 Å². The van der Waals surface area contributed by atoms with E-state index in [4.69, 9.17) is 9.78 Å². The fourth-order valence-electron chi connectivity index (χ4n) is 2.95. The van der Waals surface area contributed by atoms with E-state index in [1.807, 2.05) is 13.0 Å². The number of rotatable bonds is 0. The predicted octanol–water partition coefficient (Wildman–Crippen LogP) is 4.14. The summed E-state index contributed by atoms with van der Waals surface area (Å²) in [7, 11) is 0. The average molecular weight is 250 g/mol. The largest absolute Gasteiger partial charge is 0.228 e. The van der Waals surface area contributed by atoms with Crippen molar-refractivity contribution in [2.75, 3.05) is 0 Å². The maximum absolute atomic E-state index is 5.61. The Morgan fingerprint density at radius 1 is 0.789 bits per heavy atom. The molecule has 19 heavy (non-hydrogen) atoms. The van der Waals surface area contributed by atoms with E-state index in [1.165, 1.54) is 27.8 Å². The summed E-state index contributed by atoms with van der Waals surface area (Å²) in [5, 5.41) is 0. The molecule has 0 saturated carbocycles. The lowest BCUT2D eigenvalue weighted by Crippen LogP contribution is -2.22. The van der Waals surface area contributed by atoms with Gasteiger partial charge >= 0.3 is 0 Å². The van der Waals surface area contributed by atoms with Gasteiger partial charge < -0.3 is 0 Å². The van der Waals surface area contributed by atoms with Crippen LogP contribution in [0.15, 0.2) is 54.6 Å². The number of hydrogen-bond acceptors (Lipinski definition) is 2. The first kappa shape index (κ1) is 11.0. The minimum absolute atomic E-state index is 0.00966. The van der Waals surface area contributed by atoms with Crippen molar-refractivity contribution in [1.29, 1.82) is 0 Å². The molecule has 0 saturated heterocycles. The van der Waals surface area contributed by atoms with Crippen LogP contribution in [-0.4, -0.2) is 6.10 Å². The molecular formula is C17H14O2. The van der Waals surface area contributed by atoms with E-state index >= 15 is 0 Å². The lowest BCUT2D eigenvalue weighted by Gasteiger charge is -2.33. The first-order valence-electron chi connectivity index (χ1n) is 6.57. The van der Waals surface area contributed by atoms with Gasteiger partial charge in [-0.3, -0.25) is 0 Å². The highest BCUT2D eigenvalue weighted by Gasteiger charge is 2.33. The smallest absolute Gasteiger partial charge is 0.144 e. The molecule has 0 spiro atoms. The van der Waals surface area contributed by atoms with Crippen LogP contribution in [0.1, 0.15) is 24.2 Å². The van der Waals surface area contributed by atoms with Gasteiger partial charge in [0.2, 0.25) is 0 Å². The molecule has 2 aromatic carbocycles. The highest BCUT2D eigenvalue weighted by atomic mass is 17.2. The van der Waals surface area contributed by atoms with Crippen LogP contribution < -0.4 is 0 Å². The molecule has 0 fully saturated rings. The maximum Gasteiger partial charge on any atom is 0.144 e. The van der Waals surface area contributed by atoms with Crippen LogP contribution in [0.4, 0.5) is 0 Å². The second-order valence-electron chi connectivity index (χ2n) is 5.03. The molecule has 0 radical (unpaired) electrons. The summed E-state index contributed by atoms with van der Waals surface area (Å²) in [5.74, 6) is 0. The Balaban J connectivity index is 2.04. The predicted molar refractivity (Wildman–Crippen MR) is 74.2 cm³/mol. The zero-order valence-electron chi connectivity index (χ0n) is 10.7. The van der Waals surface area contributed by atoms with E-state index in [9.17, 15) is 0 Å². The van der Waals surface area contributed by atoms with Crippen molar-refractivity contribution < 1.29 is 9.78 Å². The fourth-order valence-corrected chi connectivity index (χ4v) is 2.95. The highest BCUT2D eigenvalue weighted by molar-refractivity contribution is 5.90. The van der Waals surface area contributed by atoms with Crippen molar-refractivity contribution in [1.82, 2.24) is 0 Å². The lowest BCUT2D eigenvalue weighted by molar-refractivity contribution is -0.335. The zero-order chi connectivity index (χ0) is 12.8. The van der Waals surface area contributed by atoms with E-state index in [1.54, 1.807) is 0 Å². The third kappa shape index (κ3) is 1.57. The Hall–Kier alpha value is -1.90. The van der Waals surface area contributed by atoms with E-state index in [0.29, 0.717) is 0 Å². The van der Waals surface area contributed by atoms with Gasteiger partial charge in [0.1, 0.15) is 12.2 Å². The number of hydrogen-bond donors (Lipinski definition) is 0. The SMILES string of the molecule is C[C@@H]1C=C2c3ccccc3-c3ccccc3[C@@H]2OO1. The van der Waals surface area contributed by atoms with Gasteiger partial charge in [-0.25, -0.2) is 9.78 Å². The number of benzene rings is 2. The summed E-state index contributed by atoms with van der Waals surface area (Å²) in [6.07, 6.45) is 2.04. The van der Waals surface area contributed by atoms with Crippen LogP contribution in [0.25, 0.3) is 16.7 Å². The van der Waals surface area contributed by atoms with Crippen LogP contribution in [0.5, 0.6) is 0 Å². The minimum atomic E-state index is -0.109. The van der Waals surface area contributed by atoms with Gasteiger partial charge in [-0.15, -0.1) is 0 Å². The fraction of sp³-hybridized carbons (Fsp3) is 0.176. The summed E-state index contributed by atoms with van der Waals surface area (Å²) >= 11 is 0. The molecule has 1 aliphatic heterocycles. The standard InChI is InChI=1S/C17H14O2/c1-11-10-16-14-8-3-2-6-12(14)13-7-4-5-9-15(13)17(16)19-18-11/h2-11,17H,1H3/t11-,17+/m1/s1. The molecule has 1 aliphatic carbocycles.